The Kier molecular flexibility index (Phi) is 4.23. The zero-order valence-corrected chi connectivity index (χ0v) is 8.32. The minimum atomic E-state index is 0.978. The molecule has 0 bridgehead atoms. The van der Waals surface area contributed by atoms with E-state index in [-0.39, 0.29) is 0 Å². The van der Waals surface area contributed by atoms with Crippen LogP contribution in [0.3, 0.4) is 0 Å². The highest BCUT2D eigenvalue weighted by molar-refractivity contribution is 5.35. The third-order valence-corrected chi connectivity index (χ3v) is 2.01. The molecule has 0 spiro atoms. The molecule has 13 heavy (non-hydrogen) atoms. The molecular weight excluding hydrogens is 162 g/mol. The van der Waals surface area contributed by atoms with Gasteiger partial charge >= 0.3 is 0 Å². The van der Waals surface area contributed by atoms with Gasteiger partial charge in [-0.3, -0.25) is 0 Å². The lowest BCUT2D eigenvalue weighted by Gasteiger charge is -2.20. The predicted octanol–water partition coefficient (Wildman–Crippen LogP) is 1.90. The number of aromatic nitrogens is 2. The van der Waals surface area contributed by atoms with Crippen molar-refractivity contribution in [1.29, 1.82) is 0 Å². The summed E-state index contributed by atoms with van der Waals surface area (Å²) in [5, 5.41) is 0. The second-order valence-electron chi connectivity index (χ2n) is 2.95. The van der Waals surface area contributed by atoms with E-state index in [1.807, 2.05) is 6.07 Å². The molecule has 0 saturated heterocycles. The Hall–Kier alpha value is -1.12. The highest BCUT2D eigenvalue weighted by Gasteiger charge is 2.03. The Labute approximate surface area is 79.8 Å². The molecule has 1 radical (unpaired) electrons. The Morgan fingerprint density at radius 2 is 2.31 bits per heavy atom. The Morgan fingerprint density at radius 1 is 1.46 bits per heavy atom. The maximum Gasteiger partial charge on any atom is 0.199 e. The van der Waals surface area contributed by atoms with E-state index >= 15 is 0 Å². The van der Waals surface area contributed by atoms with Crippen molar-refractivity contribution in [2.75, 3.05) is 18.0 Å². The number of nitrogens with zero attached hydrogens (tertiary/aromatic N) is 3. The minimum Gasteiger partial charge on any atom is -0.357 e. The third kappa shape index (κ3) is 3.01. The summed E-state index contributed by atoms with van der Waals surface area (Å²) in [6, 6.07) is 1.93. The molecule has 0 unspecified atom stereocenters. The maximum absolute atomic E-state index is 4.09. The van der Waals surface area contributed by atoms with E-state index in [4.69, 9.17) is 0 Å². The van der Waals surface area contributed by atoms with Gasteiger partial charge in [0.05, 0.1) is 0 Å². The molecule has 0 saturated carbocycles. The highest BCUT2D eigenvalue weighted by atomic mass is 15.2. The van der Waals surface area contributed by atoms with Crippen molar-refractivity contribution in [3.8, 4) is 0 Å². The van der Waals surface area contributed by atoms with E-state index < -0.39 is 0 Å². The molecule has 0 aliphatic heterocycles. The van der Waals surface area contributed by atoms with Gasteiger partial charge in [-0.25, -0.2) is 9.97 Å². The van der Waals surface area contributed by atoms with E-state index in [1.165, 1.54) is 12.8 Å². The molecule has 3 nitrogen and oxygen atoms in total. The average molecular weight is 178 g/mol. The fourth-order valence-electron chi connectivity index (χ4n) is 1.21. The van der Waals surface area contributed by atoms with Crippen molar-refractivity contribution in [3.05, 3.63) is 18.6 Å². The molecular formula is C10H16N3. The summed E-state index contributed by atoms with van der Waals surface area (Å²) in [5.74, 6) is 0.978. The van der Waals surface area contributed by atoms with Gasteiger partial charge in [-0.05, 0) is 19.4 Å². The van der Waals surface area contributed by atoms with Crippen LogP contribution in [0.25, 0.3) is 0 Å². The molecule has 0 fully saturated rings. The first-order valence-corrected chi connectivity index (χ1v) is 4.82. The number of unbranched alkanes of at least 4 members (excludes halogenated alkanes) is 1. The van der Waals surface area contributed by atoms with E-state index in [1.54, 1.807) is 6.20 Å². The average Bonchev–Trinajstić information content (AvgIpc) is 2.21. The second kappa shape index (κ2) is 5.51. The SMILES string of the molecule is CCCCN(CC)c1ccn[c]n1. The molecule has 0 amide bonds. The van der Waals surface area contributed by atoms with Crippen molar-refractivity contribution in [2.45, 2.75) is 26.7 Å². The maximum atomic E-state index is 4.09. The van der Waals surface area contributed by atoms with Crippen LogP contribution in [0, 0.1) is 6.33 Å². The third-order valence-electron chi connectivity index (χ3n) is 2.01. The molecule has 0 aliphatic rings. The van der Waals surface area contributed by atoms with Crippen LogP contribution in [0.2, 0.25) is 0 Å². The van der Waals surface area contributed by atoms with Gasteiger partial charge in [0, 0.05) is 19.3 Å². The Bertz CT molecular complexity index is 223. The molecule has 1 heterocycles. The van der Waals surface area contributed by atoms with Crippen LogP contribution in [0.5, 0.6) is 0 Å². The van der Waals surface area contributed by atoms with Gasteiger partial charge in [-0.1, -0.05) is 13.3 Å². The fraction of sp³-hybridized carbons (Fsp3) is 0.600. The normalized spacial score (nSPS) is 10.0. The molecule has 71 valence electrons. The van der Waals surface area contributed by atoms with Gasteiger partial charge in [0.2, 0.25) is 0 Å². The largest absolute Gasteiger partial charge is 0.357 e. The number of hydrogen-bond donors (Lipinski definition) is 0. The monoisotopic (exact) mass is 178 g/mol. The van der Waals surface area contributed by atoms with Gasteiger partial charge in [-0.15, -0.1) is 0 Å². The summed E-state index contributed by atoms with van der Waals surface area (Å²) in [7, 11) is 0. The van der Waals surface area contributed by atoms with Crippen molar-refractivity contribution >= 4 is 5.82 Å². The molecule has 1 rings (SSSR count). The van der Waals surface area contributed by atoms with E-state index in [9.17, 15) is 0 Å². The molecule has 1 aromatic rings. The van der Waals surface area contributed by atoms with Crippen LogP contribution >= 0.6 is 0 Å². The zero-order valence-electron chi connectivity index (χ0n) is 8.32. The molecule has 3 heteroatoms. The summed E-state index contributed by atoms with van der Waals surface area (Å²) in [6.07, 6.45) is 6.76. The first-order chi connectivity index (χ1) is 6.38. The zero-order chi connectivity index (χ0) is 9.52. The van der Waals surface area contributed by atoms with Gasteiger partial charge in [0.1, 0.15) is 5.82 Å². The lowest BCUT2D eigenvalue weighted by molar-refractivity contribution is 0.722. The van der Waals surface area contributed by atoms with Crippen molar-refractivity contribution in [3.63, 3.8) is 0 Å². The van der Waals surface area contributed by atoms with Gasteiger partial charge in [0.15, 0.2) is 6.33 Å². The van der Waals surface area contributed by atoms with E-state index in [2.05, 4.69) is 35.0 Å². The Balaban J connectivity index is 2.56. The standard InChI is InChI=1S/C10H16N3/c1-3-5-8-13(4-2)10-6-7-11-9-12-10/h6-7H,3-5,8H2,1-2H3. The molecule has 0 aromatic carbocycles. The first-order valence-electron chi connectivity index (χ1n) is 4.82. The lowest BCUT2D eigenvalue weighted by atomic mass is 10.3. The van der Waals surface area contributed by atoms with Crippen LogP contribution in [0.1, 0.15) is 26.7 Å². The highest BCUT2D eigenvalue weighted by Crippen LogP contribution is 2.08. The van der Waals surface area contributed by atoms with Crippen LogP contribution in [-0.4, -0.2) is 23.1 Å². The van der Waals surface area contributed by atoms with Crippen molar-refractivity contribution in [1.82, 2.24) is 9.97 Å². The van der Waals surface area contributed by atoms with E-state index in [0.717, 1.165) is 18.9 Å². The summed E-state index contributed by atoms with van der Waals surface area (Å²) in [5.41, 5.74) is 0. The minimum absolute atomic E-state index is 0.978. The fourth-order valence-corrected chi connectivity index (χ4v) is 1.21. The van der Waals surface area contributed by atoms with Crippen LogP contribution in [0.15, 0.2) is 12.3 Å². The molecule has 0 N–H and O–H groups in total. The van der Waals surface area contributed by atoms with Gasteiger partial charge < -0.3 is 4.90 Å². The molecule has 0 aliphatic carbocycles. The molecule has 0 atom stereocenters. The van der Waals surface area contributed by atoms with Crippen molar-refractivity contribution < 1.29 is 0 Å². The smallest absolute Gasteiger partial charge is 0.199 e. The number of anilines is 1. The predicted molar refractivity (Wildman–Crippen MR) is 53.7 cm³/mol. The number of rotatable bonds is 5. The summed E-state index contributed by atoms with van der Waals surface area (Å²) < 4.78 is 0. The topological polar surface area (TPSA) is 29.0 Å². The van der Waals surface area contributed by atoms with Crippen LogP contribution < -0.4 is 4.90 Å². The molecule has 1 aromatic heterocycles. The quantitative estimate of drug-likeness (QED) is 0.689. The van der Waals surface area contributed by atoms with Crippen LogP contribution in [-0.2, 0) is 0 Å². The Morgan fingerprint density at radius 3 is 2.85 bits per heavy atom. The second-order valence-corrected chi connectivity index (χ2v) is 2.95. The lowest BCUT2D eigenvalue weighted by Crippen LogP contribution is -2.24. The summed E-state index contributed by atoms with van der Waals surface area (Å²) in [4.78, 5) is 10.1. The van der Waals surface area contributed by atoms with Gasteiger partial charge in [-0.2, -0.15) is 0 Å². The summed E-state index contributed by atoms with van der Waals surface area (Å²) >= 11 is 0. The number of hydrogen-bond acceptors (Lipinski definition) is 3. The first kappa shape index (κ1) is 9.96. The van der Waals surface area contributed by atoms with Crippen molar-refractivity contribution in [2.24, 2.45) is 0 Å². The van der Waals surface area contributed by atoms with Gasteiger partial charge in [0.25, 0.3) is 0 Å². The summed E-state index contributed by atoms with van der Waals surface area (Å²) in [6.45, 7) is 6.39. The van der Waals surface area contributed by atoms with Crippen LogP contribution in [0.4, 0.5) is 5.82 Å². The van der Waals surface area contributed by atoms with E-state index in [0.29, 0.717) is 0 Å².